The van der Waals surface area contributed by atoms with Gasteiger partial charge in [0, 0.05) is 17.7 Å². The predicted molar refractivity (Wildman–Crippen MR) is 118 cm³/mol. The van der Waals surface area contributed by atoms with Crippen LogP contribution in [0.1, 0.15) is 33.1 Å². The van der Waals surface area contributed by atoms with Crippen LogP contribution in [0.5, 0.6) is 0 Å². The summed E-state index contributed by atoms with van der Waals surface area (Å²) in [6.07, 6.45) is 2.53. The van der Waals surface area contributed by atoms with E-state index >= 15 is 0 Å². The average molecular weight is 443 g/mol. The lowest BCUT2D eigenvalue weighted by Gasteiger charge is -2.15. The molecule has 162 valence electrons. The average Bonchev–Trinajstić information content (AvgIpc) is 2.78. The van der Waals surface area contributed by atoms with Crippen molar-refractivity contribution in [3.8, 4) is 22.5 Å². The second-order valence-corrected chi connectivity index (χ2v) is 8.13. The third kappa shape index (κ3) is 6.07. The molecule has 0 bridgehead atoms. The van der Waals surface area contributed by atoms with Gasteiger partial charge in [0.15, 0.2) is 0 Å². The fraction of sp³-hybridized carbons (Fsp3) is 0.304. The van der Waals surface area contributed by atoms with Gasteiger partial charge in [0.1, 0.15) is 23.0 Å². The molecule has 0 saturated carbocycles. The van der Waals surface area contributed by atoms with E-state index in [-0.39, 0.29) is 22.8 Å². The van der Waals surface area contributed by atoms with Crippen molar-refractivity contribution in [2.24, 2.45) is 0 Å². The molecule has 1 amide bonds. The van der Waals surface area contributed by atoms with Crippen LogP contribution in [0.4, 0.5) is 8.78 Å². The number of carbonyl (C=O) groups excluding carboxylic acids is 1. The van der Waals surface area contributed by atoms with Crippen LogP contribution >= 0.6 is 11.8 Å². The Labute approximate surface area is 184 Å². The van der Waals surface area contributed by atoms with Crippen LogP contribution in [0.3, 0.4) is 0 Å². The summed E-state index contributed by atoms with van der Waals surface area (Å²) in [7, 11) is 0. The van der Waals surface area contributed by atoms with E-state index < -0.39 is 0 Å². The van der Waals surface area contributed by atoms with Crippen molar-refractivity contribution in [1.29, 1.82) is 0 Å². The molecule has 3 rings (SSSR count). The summed E-state index contributed by atoms with van der Waals surface area (Å²) >= 11 is 1.24. The van der Waals surface area contributed by atoms with Crippen molar-refractivity contribution in [1.82, 2.24) is 20.5 Å². The number of amides is 1. The zero-order valence-corrected chi connectivity index (χ0v) is 18.3. The molecule has 0 aliphatic carbocycles. The van der Waals surface area contributed by atoms with Gasteiger partial charge in [-0.25, -0.2) is 13.8 Å². The molecular weight excluding hydrogens is 418 g/mol. The van der Waals surface area contributed by atoms with Gasteiger partial charge in [-0.15, -0.1) is 10.2 Å². The number of thioether (sulfide) groups is 1. The van der Waals surface area contributed by atoms with Crippen LogP contribution in [0.15, 0.2) is 53.7 Å². The number of unbranched alkanes of at least 4 members (excludes halogenated alkanes) is 1. The van der Waals surface area contributed by atoms with Crippen molar-refractivity contribution in [3.63, 3.8) is 0 Å². The monoisotopic (exact) mass is 442 g/mol. The fourth-order valence-corrected chi connectivity index (χ4v) is 3.77. The van der Waals surface area contributed by atoms with Crippen molar-refractivity contribution in [2.45, 2.75) is 43.5 Å². The maximum Gasteiger partial charge on any atom is 0.233 e. The minimum absolute atomic E-state index is 0.0597. The van der Waals surface area contributed by atoms with Gasteiger partial charge in [-0.2, -0.15) is 0 Å². The first-order chi connectivity index (χ1) is 15.0. The van der Waals surface area contributed by atoms with Crippen molar-refractivity contribution in [2.75, 3.05) is 6.54 Å². The molecule has 31 heavy (non-hydrogen) atoms. The van der Waals surface area contributed by atoms with Gasteiger partial charge >= 0.3 is 0 Å². The topological polar surface area (TPSA) is 67.8 Å². The van der Waals surface area contributed by atoms with Crippen molar-refractivity contribution in [3.05, 3.63) is 60.2 Å². The van der Waals surface area contributed by atoms with E-state index in [1.165, 1.54) is 36.0 Å². The number of halogens is 2. The standard InChI is InChI=1S/C23H24F2N4OS/c1-3-5-14-26-22(30)19(4-2)31-23-27-20(15-6-10-17(24)11-7-15)21(28-29-23)16-8-12-18(25)13-9-16/h6-13,19H,3-5,14H2,1-2H3,(H,26,30)/t19-/m0/s1. The molecule has 1 N–H and O–H groups in total. The number of rotatable bonds is 9. The molecule has 5 nitrogen and oxygen atoms in total. The van der Waals surface area contributed by atoms with E-state index in [2.05, 4.69) is 27.4 Å². The zero-order chi connectivity index (χ0) is 22.2. The molecule has 1 atom stereocenters. The molecule has 8 heteroatoms. The third-order valence-corrected chi connectivity index (χ3v) is 5.86. The Kier molecular flexibility index (Phi) is 8.06. The number of nitrogens with one attached hydrogen (secondary N) is 1. The van der Waals surface area contributed by atoms with E-state index in [9.17, 15) is 13.6 Å². The van der Waals surface area contributed by atoms with E-state index in [1.54, 1.807) is 24.3 Å². The quantitative estimate of drug-likeness (QED) is 0.361. The summed E-state index contributed by atoms with van der Waals surface area (Å²) in [6.45, 7) is 4.63. The van der Waals surface area contributed by atoms with Gasteiger partial charge < -0.3 is 5.32 Å². The summed E-state index contributed by atoms with van der Waals surface area (Å²) in [6, 6.07) is 11.8. The smallest absolute Gasteiger partial charge is 0.233 e. The molecule has 0 spiro atoms. The van der Waals surface area contributed by atoms with Gasteiger partial charge in [0.25, 0.3) is 0 Å². The fourth-order valence-electron chi connectivity index (χ4n) is 2.92. The summed E-state index contributed by atoms with van der Waals surface area (Å²) in [5, 5.41) is 11.5. The lowest BCUT2D eigenvalue weighted by molar-refractivity contribution is -0.120. The number of carbonyl (C=O) groups is 1. The zero-order valence-electron chi connectivity index (χ0n) is 17.4. The molecule has 2 aromatic carbocycles. The highest BCUT2D eigenvalue weighted by molar-refractivity contribution is 8.00. The highest BCUT2D eigenvalue weighted by Gasteiger charge is 2.21. The Balaban J connectivity index is 1.94. The molecule has 0 saturated heterocycles. The molecular formula is C23H24F2N4OS. The Hall–Kier alpha value is -2.87. The molecule has 1 aromatic heterocycles. The maximum absolute atomic E-state index is 13.4. The van der Waals surface area contributed by atoms with Crippen LogP contribution in [-0.4, -0.2) is 32.9 Å². The lowest BCUT2D eigenvalue weighted by Crippen LogP contribution is -2.33. The highest BCUT2D eigenvalue weighted by atomic mass is 32.2. The van der Waals surface area contributed by atoms with E-state index in [4.69, 9.17) is 0 Å². The molecule has 0 fully saturated rings. The lowest BCUT2D eigenvalue weighted by atomic mass is 10.0. The maximum atomic E-state index is 13.4. The van der Waals surface area contributed by atoms with Crippen molar-refractivity contribution < 1.29 is 13.6 Å². The molecule has 1 heterocycles. The molecule has 0 aliphatic rings. The summed E-state index contributed by atoms with van der Waals surface area (Å²) < 4.78 is 26.8. The Morgan fingerprint density at radius 1 is 0.935 bits per heavy atom. The normalized spacial score (nSPS) is 11.9. The Morgan fingerprint density at radius 3 is 2.06 bits per heavy atom. The van der Waals surface area contributed by atoms with Gasteiger partial charge in [0.2, 0.25) is 11.1 Å². The van der Waals surface area contributed by atoms with Gasteiger partial charge in [-0.1, -0.05) is 32.0 Å². The minimum atomic E-state index is -0.363. The number of hydrogen-bond donors (Lipinski definition) is 1. The van der Waals surface area contributed by atoms with E-state index in [0.717, 1.165) is 12.8 Å². The van der Waals surface area contributed by atoms with Crippen LogP contribution in [-0.2, 0) is 4.79 Å². The van der Waals surface area contributed by atoms with Gasteiger partial charge in [-0.05, 0) is 61.4 Å². The molecule has 0 aliphatic heterocycles. The van der Waals surface area contributed by atoms with Gasteiger partial charge in [0.05, 0.1) is 5.25 Å². The first-order valence-electron chi connectivity index (χ1n) is 10.2. The second-order valence-electron chi connectivity index (χ2n) is 6.96. The largest absolute Gasteiger partial charge is 0.355 e. The Morgan fingerprint density at radius 2 is 1.52 bits per heavy atom. The Bertz CT molecular complexity index is 1010. The first-order valence-corrected chi connectivity index (χ1v) is 11.1. The van der Waals surface area contributed by atoms with Crippen LogP contribution in [0, 0.1) is 11.6 Å². The van der Waals surface area contributed by atoms with Crippen LogP contribution < -0.4 is 5.32 Å². The summed E-state index contributed by atoms with van der Waals surface area (Å²) in [4.78, 5) is 17.1. The van der Waals surface area contributed by atoms with Crippen molar-refractivity contribution >= 4 is 17.7 Å². The predicted octanol–water partition coefficient (Wildman–Crippen LogP) is 5.27. The number of hydrogen-bond acceptors (Lipinski definition) is 5. The second kappa shape index (κ2) is 10.9. The number of nitrogens with zero attached hydrogens (tertiary/aromatic N) is 3. The summed E-state index contributed by atoms with van der Waals surface area (Å²) in [5.41, 5.74) is 2.24. The number of aromatic nitrogens is 3. The minimum Gasteiger partial charge on any atom is -0.355 e. The van der Waals surface area contributed by atoms with Crippen LogP contribution in [0.25, 0.3) is 22.5 Å². The molecule has 3 aromatic rings. The molecule has 0 unspecified atom stereocenters. The molecule has 0 radical (unpaired) electrons. The van der Waals surface area contributed by atoms with Crippen LogP contribution in [0.2, 0.25) is 0 Å². The first kappa shape index (κ1) is 22.8. The number of benzene rings is 2. The summed E-state index contributed by atoms with van der Waals surface area (Å²) in [5.74, 6) is -0.783. The highest BCUT2D eigenvalue weighted by Crippen LogP contribution is 2.31. The van der Waals surface area contributed by atoms with E-state index in [0.29, 0.717) is 40.6 Å². The SMILES string of the molecule is CCCCNC(=O)[C@H](CC)Sc1nnc(-c2ccc(F)cc2)c(-c2ccc(F)cc2)n1. The third-order valence-electron chi connectivity index (χ3n) is 4.64. The van der Waals surface area contributed by atoms with Gasteiger partial charge in [-0.3, -0.25) is 4.79 Å². The van der Waals surface area contributed by atoms with E-state index in [1.807, 2.05) is 6.92 Å².